The van der Waals surface area contributed by atoms with Crippen molar-refractivity contribution in [3.63, 3.8) is 0 Å². The van der Waals surface area contributed by atoms with Crippen molar-refractivity contribution in [2.45, 2.75) is 58.2 Å². The van der Waals surface area contributed by atoms with E-state index in [0.717, 1.165) is 0 Å². The summed E-state index contributed by atoms with van der Waals surface area (Å²) in [5.74, 6) is -1.52. The molecule has 0 aromatic rings. The second-order valence-electron chi connectivity index (χ2n) is 5.49. The lowest BCUT2D eigenvalue weighted by molar-refractivity contribution is -0.143. The SMILES string of the molecule is CC(C)C[C@H](NC(=O)C1CCCC(F)C1)C(=O)O. The molecule has 1 saturated carbocycles. The van der Waals surface area contributed by atoms with Crippen LogP contribution in [0.4, 0.5) is 4.39 Å². The zero-order chi connectivity index (χ0) is 13.7. The first-order chi connectivity index (χ1) is 8.40. The number of nitrogens with one attached hydrogen (secondary N) is 1. The summed E-state index contributed by atoms with van der Waals surface area (Å²) in [4.78, 5) is 22.9. The molecule has 0 heterocycles. The van der Waals surface area contributed by atoms with Gasteiger partial charge in [-0.15, -0.1) is 0 Å². The minimum absolute atomic E-state index is 0.187. The second-order valence-corrected chi connectivity index (χ2v) is 5.49. The van der Waals surface area contributed by atoms with E-state index in [0.29, 0.717) is 25.7 Å². The standard InChI is InChI=1S/C13H22FNO3/c1-8(2)6-11(13(17)18)15-12(16)9-4-3-5-10(14)7-9/h8-11H,3-7H2,1-2H3,(H,15,16)(H,17,18)/t9?,10?,11-/m0/s1. The maximum Gasteiger partial charge on any atom is 0.326 e. The minimum Gasteiger partial charge on any atom is -0.480 e. The summed E-state index contributed by atoms with van der Waals surface area (Å²) < 4.78 is 13.2. The van der Waals surface area contributed by atoms with Gasteiger partial charge >= 0.3 is 5.97 Å². The molecule has 1 aliphatic carbocycles. The second kappa shape index (κ2) is 6.71. The van der Waals surface area contributed by atoms with Gasteiger partial charge in [-0.2, -0.15) is 0 Å². The molecule has 4 nitrogen and oxygen atoms in total. The van der Waals surface area contributed by atoms with Gasteiger partial charge < -0.3 is 10.4 Å². The Kier molecular flexibility index (Phi) is 5.56. The molecule has 18 heavy (non-hydrogen) atoms. The summed E-state index contributed by atoms with van der Waals surface area (Å²) >= 11 is 0. The van der Waals surface area contributed by atoms with Crippen molar-refractivity contribution in [1.29, 1.82) is 0 Å². The summed E-state index contributed by atoms with van der Waals surface area (Å²) in [6, 6.07) is -0.863. The summed E-state index contributed by atoms with van der Waals surface area (Å²) in [5.41, 5.74) is 0. The van der Waals surface area contributed by atoms with Gasteiger partial charge in [0.2, 0.25) is 5.91 Å². The van der Waals surface area contributed by atoms with Crippen molar-refractivity contribution in [3.8, 4) is 0 Å². The third-order valence-electron chi connectivity index (χ3n) is 3.30. The van der Waals surface area contributed by atoms with Crippen LogP contribution in [-0.2, 0) is 9.59 Å². The molecular formula is C13H22FNO3. The van der Waals surface area contributed by atoms with Crippen LogP contribution < -0.4 is 5.32 Å². The normalized spacial score (nSPS) is 25.8. The van der Waals surface area contributed by atoms with E-state index in [1.807, 2.05) is 13.8 Å². The Morgan fingerprint density at radius 2 is 2.06 bits per heavy atom. The molecule has 0 saturated heterocycles. The number of hydrogen-bond donors (Lipinski definition) is 2. The molecule has 2 N–H and O–H groups in total. The first-order valence-electron chi connectivity index (χ1n) is 6.57. The van der Waals surface area contributed by atoms with E-state index in [1.54, 1.807) is 0 Å². The number of amides is 1. The van der Waals surface area contributed by atoms with Crippen molar-refractivity contribution in [3.05, 3.63) is 0 Å². The van der Waals surface area contributed by atoms with Crippen molar-refractivity contribution >= 4 is 11.9 Å². The average molecular weight is 259 g/mol. The fourth-order valence-electron chi connectivity index (χ4n) is 2.35. The van der Waals surface area contributed by atoms with E-state index in [2.05, 4.69) is 5.32 Å². The van der Waals surface area contributed by atoms with Gasteiger partial charge in [0.05, 0.1) is 0 Å². The predicted octanol–water partition coefficient (Wildman–Crippen LogP) is 2.13. The molecule has 0 aromatic carbocycles. The van der Waals surface area contributed by atoms with Crippen molar-refractivity contribution in [1.82, 2.24) is 5.32 Å². The van der Waals surface area contributed by atoms with E-state index in [1.165, 1.54) is 0 Å². The zero-order valence-electron chi connectivity index (χ0n) is 11.0. The summed E-state index contributed by atoms with van der Waals surface area (Å²) in [6.07, 6.45) is 1.55. The van der Waals surface area contributed by atoms with Gasteiger partial charge in [0.25, 0.3) is 0 Å². The molecule has 3 atom stereocenters. The molecule has 1 amide bonds. The number of aliphatic carboxylic acids is 1. The van der Waals surface area contributed by atoms with Crippen molar-refractivity contribution in [2.24, 2.45) is 11.8 Å². The number of carboxylic acids is 1. The van der Waals surface area contributed by atoms with E-state index in [4.69, 9.17) is 5.11 Å². The predicted molar refractivity (Wildman–Crippen MR) is 65.9 cm³/mol. The molecule has 0 aromatic heterocycles. The molecule has 1 fully saturated rings. The fraction of sp³-hybridized carbons (Fsp3) is 0.846. The van der Waals surface area contributed by atoms with E-state index >= 15 is 0 Å². The Morgan fingerprint density at radius 3 is 2.56 bits per heavy atom. The Bertz CT molecular complexity index is 307. The first-order valence-corrected chi connectivity index (χ1v) is 6.57. The van der Waals surface area contributed by atoms with Gasteiger partial charge in [0.1, 0.15) is 12.2 Å². The highest BCUT2D eigenvalue weighted by atomic mass is 19.1. The maximum atomic E-state index is 13.2. The van der Waals surface area contributed by atoms with Crippen LogP contribution in [-0.4, -0.2) is 29.2 Å². The van der Waals surface area contributed by atoms with Gasteiger partial charge in [-0.1, -0.05) is 13.8 Å². The van der Waals surface area contributed by atoms with Crippen LogP contribution in [0, 0.1) is 11.8 Å². The molecule has 0 spiro atoms. The van der Waals surface area contributed by atoms with Gasteiger partial charge in [-0.05, 0) is 38.0 Å². The number of halogens is 1. The Morgan fingerprint density at radius 1 is 1.39 bits per heavy atom. The van der Waals surface area contributed by atoms with Gasteiger partial charge in [0, 0.05) is 5.92 Å². The number of rotatable bonds is 5. The molecule has 1 rings (SSSR count). The smallest absolute Gasteiger partial charge is 0.326 e. The van der Waals surface area contributed by atoms with Crippen LogP contribution in [0.5, 0.6) is 0 Å². The summed E-state index contributed by atoms with van der Waals surface area (Å²) in [7, 11) is 0. The molecule has 0 bridgehead atoms. The summed E-state index contributed by atoms with van der Waals surface area (Å²) in [6.45, 7) is 3.81. The Hall–Kier alpha value is -1.13. The van der Waals surface area contributed by atoms with E-state index in [-0.39, 0.29) is 24.2 Å². The van der Waals surface area contributed by atoms with E-state index < -0.39 is 18.2 Å². The molecule has 1 aliphatic rings. The van der Waals surface area contributed by atoms with Gasteiger partial charge in [-0.25, -0.2) is 9.18 Å². The molecule has 104 valence electrons. The lowest BCUT2D eigenvalue weighted by Crippen LogP contribution is -2.45. The zero-order valence-corrected chi connectivity index (χ0v) is 11.0. The minimum atomic E-state index is -1.02. The van der Waals surface area contributed by atoms with Crippen molar-refractivity contribution in [2.75, 3.05) is 0 Å². The van der Waals surface area contributed by atoms with Crippen LogP contribution in [0.2, 0.25) is 0 Å². The third-order valence-corrected chi connectivity index (χ3v) is 3.30. The average Bonchev–Trinajstić information content (AvgIpc) is 2.27. The number of carbonyl (C=O) groups is 2. The summed E-state index contributed by atoms with van der Waals surface area (Å²) in [5, 5.41) is 11.6. The van der Waals surface area contributed by atoms with Crippen molar-refractivity contribution < 1.29 is 19.1 Å². The number of alkyl halides is 1. The number of carbonyl (C=O) groups excluding carboxylic acids is 1. The highest BCUT2D eigenvalue weighted by Crippen LogP contribution is 2.26. The Balaban J connectivity index is 2.52. The van der Waals surface area contributed by atoms with Crippen LogP contribution in [0.15, 0.2) is 0 Å². The van der Waals surface area contributed by atoms with E-state index in [9.17, 15) is 14.0 Å². The van der Waals surface area contributed by atoms with Crippen LogP contribution in [0.25, 0.3) is 0 Å². The molecule has 0 aliphatic heterocycles. The number of carboxylic acid groups (broad SMARTS) is 1. The lowest BCUT2D eigenvalue weighted by Gasteiger charge is -2.25. The quantitative estimate of drug-likeness (QED) is 0.794. The monoisotopic (exact) mass is 259 g/mol. The van der Waals surface area contributed by atoms with Crippen LogP contribution in [0.3, 0.4) is 0 Å². The third kappa shape index (κ3) is 4.63. The fourth-order valence-corrected chi connectivity index (χ4v) is 2.35. The number of hydrogen-bond acceptors (Lipinski definition) is 2. The molecule has 5 heteroatoms. The Labute approximate surface area is 107 Å². The van der Waals surface area contributed by atoms with Gasteiger partial charge in [0.15, 0.2) is 0 Å². The van der Waals surface area contributed by atoms with Crippen LogP contribution in [0.1, 0.15) is 46.0 Å². The largest absolute Gasteiger partial charge is 0.480 e. The molecule has 0 radical (unpaired) electrons. The topological polar surface area (TPSA) is 66.4 Å². The molecular weight excluding hydrogens is 237 g/mol. The highest BCUT2D eigenvalue weighted by molar-refractivity contribution is 5.85. The lowest BCUT2D eigenvalue weighted by atomic mass is 9.87. The first kappa shape index (κ1) is 14.9. The van der Waals surface area contributed by atoms with Gasteiger partial charge in [-0.3, -0.25) is 4.79 Å². The molecule has 2 unspecified atom stereocenters. The maximum absolute atomic E-state index is 13.2. The highest BCUT2D eigenvalue weighted by Gasteiger charge is 2.30. The van der Waals surface area contributed by atoms with Crippen LogP contribution >= 0.6 is 0 Å².